The molecule has 1 aromatic carbocycles. The summed E-state index contributed by atoms with van der Waals surface area (Å²) >= 11 is 0. The summed E-state index contributed by atoms with van der Waals surface area (Å²) < 4.78 is 0. The van der Waals surface area contributed by atoms with Crippen LogP contribution in [0, 0.1) is 0 Å². The number of benzene rings is 1. The summed E-state index contributed by atoms with van der Waals surface area (Å²) in [5.74, 6) is 0. The molecule has 0 aliphatic heterocycles. The summed E-state index contributed by atoms with van der Waals surface area (Å²) in [4.78, 5) is 12.1. The van der Waals surface area contributed by atoms with Crippen molar-refractivity contribution in [2.75, 3.05) is 17.2 Å². The fourth-order valence-corrected chi connectivity index (χ4v) is 0.984. The molecular weight excluding hydrogens is 152 g/mol. The normalized spacial score (nSPS) is 9.42. The Balaban J connectivity index is 2.87. The lowest BCUT2D eigenvalue weighted by molar-refractivity contribution is -0.107. The molecule has 1 aromatic rings. The molecule has 0 aromatic heterocycles. The quantitative estimate of drug-likeness (QED) is 0.540. The van der Waals surface area contributed by atoms with E-state index in [1.54, 1.807) is 17.0 Å². The number of carbonyl (C=O) groups is 1. The summed E-state index contributed by atoms with van der Waals surface area (Å²) in [6.45, 7) is 2.60. The predicted molar refractivity (Wildman–Crippen MR) is 49.9 cm³/mol. The fourth-order valence-electron chi connectivity index (χ4n) is 0.984. The van der Waals surface area contributed by atoms with Crippen molar-refractivity contribution in [2.45, 2.75) is 6.92 Å². The molecule has 1 rings (SSSR count). The van der Waals surface area contributed by atoms with Crippen molar-refractivity contribution in [3.05, 3.63) is 24.3 Å². The van der Waals surface area contributed by atoms with Gasteiger partial charge in [0, 0.05) is 17.9 Å². The second kappa shape index (κ2) is 3.76. The summed E-state index contributed by atoms with van der Waals surface area (Å²) in [5.41, 5.74) is 7.09. The van der Waals surface area contributed by atoms with Crippen LogP contribution in [-0.4, -0.2) is 13.0 Å². The van der Waals surface area contributed by atoms with Crippen molar-refractivity contribution in [3.63, 3.8) is 0 Å². The molecule has 12 heavy (non-hydrogen) atoms. The van der Waals surface area contributed by atoms with Crippen molar-refractivity contribution in [1.82, 2.24) is 0 Å². The van der Waals surface area contributed by atoms with Crippen molar-refractivity contribution in [2.24, 2.45) is 0 Å². The maximum absolute atomic E-state index is 10.5. The van der Waals surface area contributed by atoms with E-state index in [4.69, 9.17) is 5.73 Å². The van der Waals surface area contributed by atoms with E-state index < -0.39 is 0 Å². The first kappa shape index (κ1) is 8.59. The monoisotopic (exact) mass is 164 g/mol. The molecule has 3 nitrogen and oxygen atoms in total. The maximum atomic E-state index is 10.5. The smallest absolute Gasteiger partial charge is 0.214 e. The molecule has 2 N–H and O–H groups in total. The zero-order valence-electron chi connectivity index (χ0n) is 7.03. The number of rotatable bonds is 3. The molecule has 0 atom stereocenters. The molecule has 0 aliphatic rings. The van der Waals surface area contributed by atoms with E-state index in [2.05, 4.69) is 0 Å². The van der Waals surface area contributed by atoms with Gasteiger partial charge in [0.05, 0.1) is 0 Å². The van der Waals surface area contributed by atoms with Crippen LogP contribution >= 0.6 is 0 Å². The molecule has 0 spiro atoms. The average Bonchev–Trinajstić information content (AvgIpc) is 2.10. The number of carbonyl (C=O) groups excluding carboxylic acids is 1. The molecule has 64 valence electrons. The van der Waals surface area contributed by atoms with Crippen LogP contribution in [0.15, 0.2) is 24.3 Å². The van der Waals surface area contributed by atoms with Crippen LogP contribution in [0.2, 0.25) is 0 Å². The largest absolute Gasteiger partial charge is 0.399 e. The van der Waals surface area contributed by atoms with Gasteiger partial charge in [0.1, 0.15) is 0 Å². The van der Waals surface area contributed by atoms with E-state index in [0.29, 0.717) is 12.2 Å². The van der Waals surface area contributed by atoms with Crippen LogP contribution < -0.4 is 10.6 Å². The minimum atomic E-state index is 0.674. The van der Waals surface area contributed by atoms with Gasteiger partial charge in [0.25, 0.3) is 0 Å². The third kappa shape index (κ3) is 1.75. The Kier molecular flexibility index (Phi) is 2.69. The van der Waals surface area contributed by atoms with Crippen molar-refractivity contribution in [1.29, 1.82) is 0 Å². The molecular formula is C9H12N2O. The van der Waals surface area contributed by atoms with E-state index in [9.17, 15) is 4.79 Å². The molecule has 3 heteroatoms. The first-order chi connectivity index (χ1) is 5.77. The number of hydrogen-bond donors (Lipinski definition) is 1. The highest BCUT2D eigenvalue weighted by Gasteiger charge is 1.99. The van der Waals surface area contributed by atoms with Gasteiger partial charge in [-0.15, -0.1) is 0 Å². The van der Waals surface area contributed by atoms with Gasteiger partial charge >= 0.3 is 0 Å². The number of nitrogens with two attached hydrogens (primary N) is 1. The maximum Gasteiger partial charge on any atom is 0.214 e. The summed E-state index contributed by atoms with van der Waals surface area (Å²) in [7, 11) is 0. The van der Waals surface area contributed by atoms with Crippen molar-refractivity contribution in [3.8, 4) is 0 Å². The topological polar surface area (TPSA) is 46.3 Å². The van der Waals surface area contributed by atoms with Gasteiger partial charge in [-0.05, 0) is 31.2 Å². The van der Waals surface area contributed by atoms with E-state index in [1.807, 2.05) is 19.1 Å². The Bertz CT molecular complexity index is 256. The van der Waals surface area contributed by atoms with E-state index >= 15 is 0 Å². The summed E-state index contributed by atoms with van der Waals surface area (Å²) in [6.07, 6.45) is 0.811. The summed E-state index contributed by atoms with van der Waals surface area (Å²) in [6, 6.07) is 7.21. The zero-order chi connectivity index (χ0) is 8.97. The van der Waals surface area contributed by atoms with Gasteiger partial charge < -0.3 is 10.6 Å². The molecule has 0 heterocycles. The Morgan fingerprint density at radius 3 is 2.42 bits per heavy atom. The molecule has 0 saturated heterocycles. The Morgan fingerprint density at radius 2 is 2.00 bits per heavy atom. The second-order valence-electron chi connectivity index (χ2n) is 2.48. The van der Waals surface area contributed by atoms with Crippen LogP contribution in [0.25, 0.3) is 0 Å². The van der Waals surface area contributed by atoms with Gasteiger partial charge in [-0.1, -0.05) is 0 Å². The molecule has 0 fully saturated rings. The lowest BCUT2D eigenvalue weighted by atomic mass is 10.2. The number of hydrogen-bond acceptors (Lipinski definition) is 2. The standard InChI is InChI=1S/C9H12N2O/c1-2-11(7-12)9-5-3-8(10)4-6-9/h3-7H,2,10H2,1H3. The van der Waals surface area contributed by atoms with Gasteiger partial charge in [-0.25, -0.2) is 0 Å². The highest BCUT2D eigenvalue weighted by atomic mass is 16.1. The van der Waals surface area contributed by atoms with Crippen molar-refractivity contribution >= 4 is 17.8 Å². The van der Waals surface area contributed by atoms with Gasteiger partial charge in [0.2, 0.25) is 6.41 Å². The van der Waals surface area contributed by atoms with Crippen LogP contribution in [0.4, 0.5) is 11.4 Å². The molecule has 0 radical (unpaired) electrons. The van der Waals surface area contributed by atoms with Crippen molar-refractivity contribution < 1.29 is 4.79 Å². The van der Waals surface area contributed by atoms with Crippen LogP contribution in [0.5, 0.6) is 0 Å². The van der Waals surface area contributed by atoms with E-state index in [-0.39, 0.29) is 0 Å². The minimum absolute atomic E-state index is 0.674. The third-order valence-electron chi connectivity index (χ3n) is 1.69. The minimum Gasteiger partial charge on any atom is -0.399 e. The van der Waals surface area contributed by atoms with Crippen LogP contribution in [-0.2, 0) is 4.79 Å². The first-order valence-electron chi connectivity index (χ1n) is 3.85. The number of anilines is 2. The molecule has 0 bridgehead atoms. The summed E-state index contributed by atoms with van der Waals surface area (Å²) in [5, 5.41) is 0. The average molecular weight is 164 g/mol. The first-order valence-corrected chi connectivity index (χ1v) is 3.85. The predicted octanol–water partition coefficient (Wildman–Crippen LogP) is 1.25. The molecule has 0 unspecified atom stereocenters. The SMILES string of the molecule is CCN(C=O)c1ccc(N)cc1. The molecule has 1 amide bonds. The van der Waals surface area contributed by atoms with Crippen LogP contribution in [0.3, 0.4) is 0 Å². The van der Waals surface area contributed by atoms with Gasteiger partial charge in [-0.3, -0.25) is 4.79 Å². The highest BCUT2D eigenvalue weighted by Crippen LogP contribution is 2.14. The third-order valence-corrected chi connectivity index (χ3v) is 1.69. The molecule has 0 aliphatic carbocycles. The zero-order valence-corrected chi connectivity index (χ0v) is 7.03. The number of nitrogens with zero attached hydrogens (tertiary/aromatic N) is 1. The fraction of sp³-hybridized carbons (Fsp3) is 0.222. The van der Waals surface area contributed by atoms with Gasteiger partial charge in [0.15, 0.2) is 0 Å². The Labute approximate surface area is 71.8 Å². The number of amides is 1. The second-order valence-corrected chi connectivity index (χ2v) is 2.48. The Hall–Kier alpha value is -1.51. The van der Waals surface area contributed by atoms with Crippen LogP contribution in [0.1, 0.15) is 6.92 Å². The van der Waals surface area contributed by atoms with Gasteiger partial charge in [-0.2, -0.15) is 0 Å². The van der Waals surface area contributed by atoms with E-state index in [1.165, 1.54) is 0 Å². The number of nitrogen functional groups attached to an aromatic ring is 1. The van der Waals surface area contributed by atoms with E-state index in [0.717, 1.165) is 12.1 Å². The Morgan fingerprint density at radius 1 is 1.42 bits per heavy atom. The highest BCUT2D eigenvalue weighted by molar-refractivity contribution is 5.75. The molecule has 0 saturated carbocycles. The lowest BCUT2D eigenvalue weighted by Gasteiger charge is -2.14. The lowest BCUT2D eigenvalue weighted by Crippen LogP contribution is -2.19.